The van der Waals surface area contributed by atoms with Gasteiger partial charge in [0.1, 0.15) is 0 Å². The summed E-state index contributed by atoms with van der Waals surface area (Å²) < 4.78 is 10.0. The number of rotatable bonds is 12. The van der Waals surface area contributed by atoms with Gasteiger partial charge in [0.2, 0.25) is 0 Å². The van der Waals surface area contributed by atoms with E-state index < -0.39 is 20.0 Å². The molecule has 0 aliphatic rings. The van der Waals surface area contributed by atoms with Gasteiger partial charge < -0.3 is 19.7 Å². The molecule has 132 valence electrons. The van der Waals surface area contributed by atoms with Crippen LogP contribution in [-0.2, 0) is 19.1 Å². The minimum absolute atomic E-state index is 0.0628. The van der Waals surface area contributed by atoms with Crippen molar-refractivity contribution in [2.45, 2.75) is 38.0 Å². The number of aliphatic hydroxyl groups excluding tert-OH is 2. The second-order valence-corrected chi connectivity index (χ2v) is 11.5. The molecule has 0 rings (SSSR count). The average molecular weight is 344 g/mol. The summed E-state index contributed by atoms with van der Waals surface area (Å²) in [6.07, 6.45) is 1.54. The number of aliphatic hydroxyl groups is 2. The van der Waals surface area contributed by atoms with Crippen LogP contribution in [0.2, 0.25) is 25.2 Å². The Bertz CT molecular complexity index is 392. The van der Waals surface area contributed by atoms with Gasteiger partial charge in [-0.1, -0.05) is 38.3 Å². The smallest absolute Gasteiger partial charge is 0.335 e. The Balaban J connectivity index is 3.84. The molecule has 0 aromatic rings. The van der Waals surface area contributed by atoms with Crippen molar-refractivity contribution >= 4 is 20.0 Å². The fraction of sp³-hybridized carbons (Fsp3) is 0.625. The second kappa shape index (κ2) is 11.1. The van der Waals surface area contributed by atoms with Gasteiger partial charge in [0, 0.05) is 8.07 Å². The lowest BCUT2D eigenvalue weighted by Crippen LogP contribution is -2.26. The predicted molar refractivity (Wildman–Crippen MR) is 90.7 cm³/mol. The Morgan fingerprint density at radius 3 is 1.52 bits per heavy atom. The van der Waals surface area contributed by atoms with E-state index in [1.165, 1.54) is 0 Å². The lowest BCUT2D eigenvalue weighted by molar-refractivity contribution is -0.140. The van der Waals surface area contributed by atoms with Gasteiger partial charge in [-0.15, -0.1) is 0 Å². The molecule has 0 bridgehead atoms. The third-order valence-electron chi connectivity index (χ3n) is 3.42. The summed E-state index contributed by atoms with van der Waals surface area (Å²) in [5, 5.41) is 17.5. The topological polar surface area (TPSA) is 93.1 Å². The summed E-state index contributed by atoms with van der Waals surface area (Å²) in [5.41, 5.74) is 0.126. The zero-order chi connectivity index (χ0) is 17.9. The molecule has 0 unspecified atom stereocenters. The maximum absolute atomic E-state index is 11.3. The first kappa shape index (κ1) is 21.6. The Morgan fingerprint density at radius 2 is 1.22 bits per heavy atom. The summed E-state index contributed by atoms with van der Waals surface area (Å²) in [4.78, 5) is 22.6. The highest BCUT2D eigenvalue weighted by molar-refractivity contribution is 6.77. The van der Waals surface area contributed by atoms with E-state index >= 15 is 0 Å². The van der Waals surface area contributed by atoms with Crippen LogP contribution >= 0.6 is 0 Å². The van der Waals surface area contributed by atoms with Gasteiger partial charge in [0.05, 0.1) is 37.6 Å². The highest BCUT2D eigenvalue weighted by Crippen LogP contribution is 2.19. The third-order valence-corrected chi connectivity index (χ3v) is 6.84. The molecule has 7 heteroatoms. The van der Waals surface area contributed by atoms with Crippen LogP contribution < -0.4 is 0 Å². The van der Waals surface area contributed by atoms with Crippen molar-refractivity contribution in [3.05, 3.63) is 24.3 Å². The SMILES string of the molecule is C=C(CO)C(=O)OCCC[Si](C)(C)CCCOC(=O)C(=C)CO. The maximum atomic E-state index is 11.3. The molecule has 2 N–H and O–H groups in total. The third kappa shape index (κ3) is 10.0. The van der Waals surface area contributed by atoms with Gasteiger partial charge in [-0.05, 0) is 12.8 Å². The highest BCUT2D eigenvalue weighted by atomic mass is 28.3. The van der Waals surface area contributed by atoms with Crippen molar-refractivity contribution < 1.29 is 29.3 Å². The Kier molecular flexibility index (Phi) is 10.4. The fourth-order valence-electron chi connectivity index (χ4n) is 1.89. The van der Waals surface area contributed by atoms with Crippen molar-refractivity contribution in [2.75, 3.05) is 26.4 Å². The van der Waals surface area contributed by atoms with Crippen molar-refractivity contribution in [3.8, 4) is 0 Å². The predicted octanol–water partition coefficient (Wildman–Crippen LogP) is 1.66. The Labute approximate surface area is 138 Å². The standard InChI is InChI=1S/C16H28O6Si/c1-13(11-17)15(19)21-7-5-9-23(3,4)10-6-8-22-16(20)14(2)12-18/h17-18H,1-2,5-12H2,3-4H3. The molecule has 0 spiro atoms. The van der Waals surface area contributed by atoms with Gasteiger partial charge in [-0.3, -0.25) is 0 Å². The van der Waals surface area contributed by atoms with Crippen LogP contribution in [-0.4, -0.2) is 56.7 Å². The molecule has 0 saturated carbocycles. The summed E-state index contributed by atoms with van der Waals surface area (Å²) in [6.45, 7) is 11.1. The maximum Gasteiger partial charge on any atom is 0.335 e. The second-order valence-electron chi connectivity index (χ2n) is 6.17. The monoisotopic (exact) mass is 344 g/mol. The largest absolute Gasteiger partial charge is 0.462 e. The van der Waals surface area contributed by atoms with E-state index in [0.717, 1.165) is 24.9 Å². The van der Waals surface area contributed by atoms with E-state index in [1.807, 2.05) is 0 Å². The van der Waals surface area contributed by atoms with Gasteiger partial charge in [-0.2, -0.15) is 0 Å². The average Bonchev–Trinajstić information content (AvgIpc) is 2.53. The van der Waals surface area contributed by atoms with E-state index in [9.17, 15) is 9.59 Å². The molecule has 0 heterocycles. The fourth-order valence-corrected chi connectivity index (χ4v) is 4.34. The van der Waals surface area contributed by atoms with Gasteiger partial charge in [0.15, 0.2) is 0 Å². The Hall–Kier alpha value is -1.44. The van der Waals surface area contributed by atoms with Crippen molar-refractivity contribution in [1.82, 2.24) is 0 Å². The van der Waals surface area contributed by atoms with E-state index in [1.54, 1.807) is 0 Å². The molecule has 0 aromatic carbocycles. The van der Waals surface area contributed by atoms with Gasteiger partial charge in [-0.25, -0.2) is 9.59 Å². The van der Waals surface area contributed by atoms with Gasteiger partial charge in [0.25, 0.3) is 0 Å². The van der Waals surface area contributed by atoms with Crippen molar-refractivity contribution in [3.63, 3.8) is 0 Å². The van der Waals surface area contributed by atoms with Crippen LogP contribution in [0.25, 0.3) is 0 Å². The number of hydrogen-bond acceptors (Lipinski definition) is 6. The first-order valence-electron chi connectivity index (χ1n) is 7.65. The Morgan fingerprint density at radius 1 is 0.870 bits per heavy atom. The number of carbonyl (C=O) groups is 2. The quantitative estimate of drug-likeness (QED) is 0.242. The normalized spacial score (nSPS) is 11.0. The van der Waals surface area contributed by atoms with Crippen LogP contribution in [0.15, 0.2) is 24.3 Å². The molecule has 0 fully saturated rings. The molecular weight excluding hydrogens is 316 g/mol. The van der Waals surface area contributed by atoms with E-state index in [0.29, 0.717) is 13.2 Å². The van der Waals surface area contributed by atoms with E-state index in [-0.39, 0.29) is 24.4 Å². The number of ether oxygens (including phenoxy) is 2. The first-order valence-corrected chi connectivity index (χ1v) is 11.1. The molecule has 23 heavy (non-hydrogen) atoms. The van der Waals surface area contributed by atoms with Crippen LogP contribution in [0.5, 0.6) is 0 Å². The molecule has 0 amide bonds. The summed E-state index contributed by atoms with van der Waals surface area (Å²) in [7, 11) is -1.44. The highest BCUT2D eigenvalue weighted by Gasteiger charge is 2.20. The van der Waals surface area contributed by atoms with Crippen LogP contribution in [0, 0.1) is 0 Å². The van der Waals surface area contributed by atoms with Crippen LogP contribution in [0.3, 0.4) is 0 Å². The summed E-state index contributed by atoms with van der Waals surface area (Å²) in [6, 6.07) is 1.98. The molecule has 0 aliphatic heterocycles. The number of hydrogen-bond donors (Lipinski definition) is 2. The number of carbonyl (C=O) groups excluding carboxylic acids is 2. The van der Waals surface area contributed by atoms with Crippen molar-refractivity contribution in [1.29, 1.82) is 0 Å². The minimum Gasteiger partial charge on any atom is -0.462 e. The molecule has 0 atom stereocenters. The lowest BCUT2D eigenvalue weighted by atomic mass is 10.3. The zero-order valence-corrected chi connectivity index (χ0v) is 15.1. The minimum atomic E-state index is -1.44. The number of esters is 2. The van der Waals surface area contributed by atoms with Crippen LogP contribution in [0.4, 0.5) is 0 Å². The van der Waals surface area contributed by atoms with Crippen LogP contribution in [0.1, 0.15) is 12.8 Å². The van der Waals surface area contributed by atoms with Crippen molar-refractivity contribution in [2.24, 2.45) is 0 Å². The summed E-state index contributed by atoms with van der Waals surface area (Å²) in [5.74, 6) is -1.11. The molecule has 0 saturated heterocycles. The first-order chi connectivity index (χ1) is 10.7. The zero-order valence-electron chi connectivity index (χ0n) is 14.1. The van der Waals surface area contributed by atoms with E-state index in [2.05, 4.69) is 26.3 Å². The van der Waals surface area contributed by atoms with Gasteiger partial charge >= 0.3 is 11.9 Å². The molecule has 0 radical (unpaired) electrons. The molecule has 6 nitrogen and oxygen atoms in total. The lowest BCUT2D eigenvalue weighted by Gasteiger charge is -2.22. The summed E-state index contributed by atoms with van der Waals surface area (Å²) >= 11 is 0. The molecule has 0 aliphatic carbocycles. The molecular formula is C16H28O6Si. The molecule has 0 aromatic heterocycles. The van der Waals surface area contributed by atoms with E-state index in [4.69, 9.17) is 19.7 Å².